The number of rotatable bonds is 3. The zero-order valence-corrected chi connectivity index (χ0v) is 8.21. The fourth-order valence-electron chi connectivity index (χ4n) is 0.940. The van der Waals surface area contributed by atoms with E-state index < -0.39 is 5.97 Å². The molecule has 5 heteroatoms. The molecule has 0 unspecified atom stereocenters. The van der Waals surface area contributed by atoms with Gasteiger partial charge >= 0.3 is 5.97 Å². The number of aromatic carboxylic acids is 1. The van der Waals surface area contributed by atoms with Crippen LogP contribution in [0, 0.1) is 0 Å². The maximum Gasteiger partial charge on any atom is 0.354 e. The van der Waals surface area contributed by atoms with Gasteiger partial charge in [-0.05, 0) is 22.4 Å². The lowest BCUT2D eigenvalue weighted by Crippen LogP contribution is -2.09. The lowest BCUT2D eigenvalue weighted by Gasteiger charge is -1.99. The molecule has 0 aromatic carbocycles. The first-order chi connectivity index (χ1) is 5.65. The Morgan fingerprint density at radius 1 is 1.83 bits per heavy atom. The number of aromatic nitrogens is 2. The van der Waals surface area contributed by atoms with Gasteiger partial charge in [0, 0.05) is 12.6 Å². The van der Waals surface area contributed by atoms with Crippen molar-refractivity contribution >= 4 is 21.9 Å². The summed E-state index contributed by atoms with van der Waals surface area (Å²) in [6.07, 6.45) is 0.869. The Balaban J connectivity index is 2.99. The highest BCUT2D eigenvalue weighted by molar-refractivity contribution is 9.10. The molecule has 0 saturated carbocycles. The first kappa shape index (κ1) is 9.25. The largest absolute Gasteiger partial charge is 0.477 e. The average molecular weight is 233 g/mol. The van der Waals surface area contributed by atoms with E-state index in [2.05, 4.69) is 21.0 Å². The fraction of sp³-hybridized carbons (Fsp3) is 0.429. The summed E-state index contributed by atoms with van der Waals surface area (Å²) in [6, 6.07) is 1.50. The summed E-state index contributed by atoms with van der Waals surface area (Å²) in [5, 5.41) is 12.7. The van der Waals surface area contributed by atoms with Crippen molar-refractivity contribution in [1.82, 2.24) is 9.78 Å². The van der Waals surface area contributed by atoms with Crippen LogP contribution in [0.1, 0.15) is 23.8 Å². The number of carboxylic acid groups (broad SMARTS) is 1. The molecule has 66 valence electrons. The van der Waals surface area contributed by atoms with Crippen LogP contribution in [0.25, 0.3) is 0 Å². The molecule has 1 heterocycles. The SMILES string of the molecule is CCCn1nc(Br)cc1C(=O)O. The van der Waals surface area contributed by atoms with Gasteiger partial charge in [0.25, 0.3) is 0 Å². The molecule has 1 N–H and O–H groups in total. The maximum absolute atomic E-state index is 10.6. The molecule has 12 heavy (non-hydrogen) atoms. The van der Waals surface area contributed by atoms with E-state index in [1.807, 2.05) is 6.92 Å². The third-order valence-corrected chi connectivity index (χ3v) is 1.79. The van der Waals surface area contributed by atoms with E-state index in [0.717, 1.165) is 6.42 Å². The van der Waals surface area contributed by atoms with Gasteiger partial charge in [0.2, 0.25) is 0 Å². The van der Waals surface area contributed by atoms with Crippen molar-refractivity contribution in [3.63, 3.8) is 0 Å². The summed E-state index contributed by atoms with van der Waals surface area (Å²) in [5.41, 5.74) is 0.226. The van der Waals surface area contributed by atoms with Crippen LogP contribution in [0.15, 0.2) is 10.7 Å². The van der Waals surface area contributed by atoms with E-state index in [1.165, 1.54) is 10.7 Å². The van der Waals surface area contributed by atoms with Gasteiger partial charge in [-0.3, -0.25) is 4.68 Å². The third kappa shape index (κ3) is 1.85. The topological polar surface area (TPSA) is 55.1 Å². The minimum absolute atomic E-state index is 0.226. The van der Waals surface area contributed by atoms with Crippen molar-refractivity contribution in [2.75, 3.05) is 0 Å². The van der Waals surface area contributed by atoms with Gasteiger partial charge in [0.15, 0.2) is 0 Å². The number of carbonyl (C=O) groups is 1. The molecule has 1 aromatic rings. The van der Waals surface area contributed by atoms with E-state index in [4.69, 9.17) is 5.11 Å². The van der Waals surface area contributed by atoms with E-state index in [9.17, 15) is 4.79 Å². The molecule has 1 aromatic heterocycles. The monoisotopic (exact) mass is 232 g/mol. The van der Waals surface area contributed by atoms with Crippen molar-refractivity contribution < 1.29 is 9.90 Å². The number of nitrogens with zero attached hydrogens (tertiary/aromatic N) is 2. The molecule has 0 aliphatic heterocycles. The average Bonchev–Trinajstić information content (AvgIpc) is 2.32. The minimum atomic E-state index is -0.943. The maximum atomic E-state index is 10.6. The summed E-state index contributed by atoms with van der Waals surface area (Å²) in [6.45, 7) is 2.61. The second kappa shape index (κ2) is 3.71. The van der Waals surface area contributed by atoms with Crippen molar-refractivity contribution in [1.29, 1.82) is 0 Å². The van der Waals surface area contributed by atoms with Crippen LogP contribution in [-0.2, 0) is 6.54 Å². The lowest BCUT2D eigenvalue weighted by molar-refractivity contribution is 0.0683. The number of hydrogen-bond acceptors (Lipinski definition) is 2. The smallest absolute Gasteiger partial charge is 0.354 e. The zero-order chi connectivity index (χ0) is 9.14. The minimum Gasteiger partial charge on any atom is -0.477 e. The van der Waals surface area contributed by atoms with E-state index in [-0.39, 0.29) is 5.69 Å². The molecular formula is C7H9BrN2O2. The summed E-state index contributed by atoms with van der Waals surface area (Å²) in [7, 11) is 0. The number of hydrogen-bond donors (Lipinski definition) is 1. The van der Waals surface area contributed by atoms with Crippen LogP contribution < -0.4 is 0 Å². The second-order valence-corrected chi connectivity index (χ2v) is 3.19. The molecule has 0 saturated heterocycles. The molecule has 0 amide bonds. The molecule has 0 atom stereocenters. The highest BCUT2D eigenvalue weighted by Gasteiger charge is 2.11. The van der Waals surface area contributed by atoms with Crippen LogP contribution in [0.2, 0.25) is 0 Å². The van der Waals surface area contributed by atoms with Gasteiger partial charge in [-0.15, -0.1) is 0 Å². The summed E-state index contributed by atoms with van der Waals surface area (Å²) in [4.78, 5) is 10.6. The summed E-state index contributed by atoms with van der Waals surface area (Å²) >= 11 is 3.13. The Morgan fingerprint density at radius 2 is 2.50 bits per heavy atom. The van der Waals surface area contributed by atoms with Gasteiger partial charge in [-0.2, -0.15) is 5.10 Å². The zero-order valence-electron chi connectivity index (χ0n) is 6.62. The molecule has 4 nitrogen and oxygen atoms in total. The van der Waals surface area contributed by atoms with E-state index in [0.29, 0.717) is 11.1 Å². The van der Waals surface area contributed by atoms with Crippen LogP contribution in [0.4, 0.5) is 0 Å². The Morgan fingerprint density at radius 3 is 3.00 bits per heavy atom. The second-order valence-electron chi connectivity index (χ2n) is 2.38. The highest BCUT2D eigenvalue weighted by Crippen LogP contribution is 2.10. The Kier molecular flexibility index (Phi) is 2.86. The molecule has 1 rings (SSSR count). The number of carboxylic acids is 1. The summed E-state index contributed by atoms with van der Waals surface area (Å²) < 4.78 is 2.04. The van der Waals surface area contributed by atoms with Gasteiger partial charge < -0.3 is 5.11 Å². The first-order valence-electron chi connectivity index (χ1n) is 3.61. The first-order valence-corrected chi connectivity index (χ1v) is 4.41. The van der Waals surface area contributed by atoms with Crippen molar-refractivity contribution in [2.45, 2.75) is 19.9 Å². The highest BCUT2D eigenvalue weighted by atomic mass is 79.9. The summed E-state index contributed by atoms with van der Waals surface area (Å²) in [5.74, 6) is -0.943. The third-order valence-electron chi connectivity index (χ3n) is 1.40. The van der Waals surface area contributed by atoms with Gasteiger partial charge in [-0.1, -0.05) is 6.92 Å². The predicted octanol–water partition coefficient (Wildman–Crippen LogP) is 1.75. The van der Waals surface area contributed by atoms with Crippen molar-refractivity contribution in [3.05, 3.63) is 16.4 Å². The molecule has 0 aliphatic carbocycles. The molecule has 0 fully saturated rings. The molecule has 0 bridgehead atoms. The Hall–Kier alpha value is -0.840. The normalized spacial score (nSPS) is 10.2. The van der Waals surface area contributed by atoms with Crippen LogP contribution >= 0.6 is 15.9 Å². The Labute approximate surface area is 78.3 Å². The van der Waals surface area contributed by atoms with E-state index in [1.54, 1.807) is 0 Å². The molecule has 0 spiro atoms. The lowest BCUT2D eigenvalue weighted by atomic mass is 10.4. The van der Waals surface area contributed by atoms with Crippen molar-refractivity contribution in [3.8, 4) is 0 Å². The Bertz CT molecular complexity index is 296. The van der Waals surface area contributed by atoms with Gasteiger partial charge in [-0.25, -0.2) is 4.79 Å². The van der Waals surface area contributed by atoms with Gasteiger partial charge in [0.1, 0.15) is 10.3 Å². The van der Waals surface area contributed by atoms with Crippen LogP contribution in [0.5, 0.6) is 0 Å². The molecule has 0 radical (unpaired) electrons. The van der Waals surface area contributed by atoms with Crippen LogP contribution in [-0.4, -0.2) is 20.9 Å². The van der Waals surface area contributed by atoms with E-state index >= 15 is 0 Å². The fourth-order valence-corrected chi connectivity index (χ4v) is 1.35. The van der Waals surface area contributed by atoms with Crippen LogP contribution in [0.3, 0.4) is 0 Å². The number of aryl methyl sites for hydroxylation is 1. The number of halogens is 1. The van der Waals surface area contributed by atoms with Crippen molar-refractivity contribution in [2.24, 2.45) is 0 Å². The van der Waals surface area contributed by atoms with Gasteiger partial charge in [0.05, 0.1) is 0 Å². The standard InChI is InChI=1S/C7H9BrN2O2/c1-2-3-10-5(7(11)12)4-6(8)9-10/h4H,2-3H2,1H3,(H,11,12). The predicted molar refractivity (Wildman–Crippen MR) is 47.2 cm³/mol. The molecule has 0 aliphatic rings. The molecular weight excluding hydrogens is 224 g/mol. The quantitative estimate of drug-likeness (QED) is 0.865.